The first kappa shape index (κ1) is 27.1. The molecule has 2 aromatic carbocycles. The van der Waals surface area contributed by atoms with Gasteiger partial charge in [0.15, 0.2) is 0 Å². The smallest absolute Gasteiger partial charge is 0.243 e. The number of piperidine rings is 1. The highest BCUT2D eigenvalue weighted by atomic mass is 32.2. The summed E-state index contributed by atoms with van der Waals surface area (Å²) in [5.41, 5.74) is 2.80. The number of amides is 2. The molecule has 3 aliphatic heterocycles. The second kappa shape index (κ2) is 10.7. The maximum Gasteiger partial charge on any atom is 0.243 e. The Bertz CT molecular complexity index is 1390. The monoisotopic (exact) mass is 566 g/mol. The first-order valence-corrected chi connectivity index (χ1v) is 15.8. The minimum absolute atomic E-state index is 0.0411. The lowest BCUT2D eigenvalue weighted by Crippen LogP contribution is -2.52. The number of hydrogen-bond acceptors (Lipinski definition) is 6. The number of anilines is 2. The molecule has 1 saturated carbocycles. The largest absolute Gasteiger partial charge is 0.495 e. The number of carbonyl (C=O) groups excluding carboxylic acids is 2. The van der Waals surface area contributed by atoms with Crippen molar-refractivity contribution in [3.05, 3.63) is 48.0 Å². The van der Waals surface area contributed by atoms with Crippen molar-refractivity contribution in [3.8, 4) is 5.75 Å². The molecule has 0 spiro atoms. The second-order valence-electron chi connectivity index (χ2n) is 11.5. The Morgan fingerprint density at radius 2 is 1.50 bits per heavy atom. The summed E-state index contributed by atoms with van der Waals surface area (Å²) >= 11 is 0. The predicted molar refractivity (Wildman–Crippen MR) is 153 cm³/mol. The zero-order valence-electron chi connectivity index (χ0n) is 23.3. The van der Waals surface area contributed by atoms with Crippen molar-refractivity contribution in [2.24, 2.45) is 11.8 Å². The van der Waals surface area contributed by atoms with E-state index in [0.29, 0.717) is 45.4 Å². The lowest BCUT2D eigenvalue weighted by Gasteiger charge is -2.39. The summed E-state index contributed by atoms with van der Waals surface area (Å²) < 4.78 is 34.1. The van der Waals surface area contributed by atoms with E-state index in [1.165, 1.54) is 4.31 Å². The number of hydrogen-bond donors (Lipinski definition) is 0. The van der Waals surface area contributed by atoms with E-state index in [-0.39, 0.29) is 34.6 Å². The highest BCUT2D eigenvalue weighted by Gasteiger charge is 2.40. The number of methoxy groups -OCH3 is 1. The zero-order valence-corrected chi connectivity index (χ0v) is 24.1. The zero-order chi connectivity index (χ0) is 28.0. The maximum atomic E-state index is 13.5. The number of piperazine rings is 1. The van der Waals surface area contributed by atoms with Gasteiger partial charge in [0.2, 0.25) is 21.8 Å². The van der Waals surface area contributed by atoms with Gasteiger partial charge in [-0.05, 0) is 74.9 Å². The number of fused-ring (bicyclic) bond motifs is 1. The molecule has 3 fully saturated rings. The number of sulfonamides is 1. The Morgan fingerprint density at radius 3 is 2.17 bits per heavy atom. The van der Waals surface area contributed by atoms with Crippen LogP contribution in [0.3, 0.4) is 0 Å². The Labute approximate surface area is 236 Å². The first-order valence-electron chi connectivity index (χ1n) is 14.4. The summed E-state index contributed by atoms with van der Waals surface area (Å²) in [6, 6.07) is 13.2. The molecule has 1 atom stereocenters. The molecule has 40 heavy (non-hydrogen) atoms. The van der Waals surface area contributed by atoms with Crippen molar-refractivity contribution in [1.82, 2.24) is 9.21 Å². The Hall–Kier alpha value is -3.11. The fourth-order valence-electron chi connectivity index (χ4n) is 6.44. The van der Waals surface area contributed by atoms with Gasteiger partial charge in [0.25, 0.3) is 0 Å². The number of rotatable bonds is 6. The van der Waals surface area contributed by atoms with Crippen LogP contribution in [0.1, 0.15) is 38.2 Å². The van der Waals surface area contributed by atoms with Crippen molar-refractivity contribution in [3.63, 3.8) is 0 Å². The summed E-state index contributed by atoms with van der Waals surface area (Å²) in [6.07, 6.45) is 3.60. The molecular weight excluding hydrogens is 528 g/mol. The lowest BCUT2D eigenvalue weighted by atomic mass is 9.96. The lowest BCUT2D eigenvalue weighted by molar-refractivity contribution is -0.137. The van der Waals surface area contributed by atoms with Gasteiger partial charge >= 0.3 is 0 Å². The van der Waals surface area contributed by atoms with Gasteiger partial charge in [0.05, 0.1) is 17.7 Å². The highest BCUT2D eigenvalue weighted by Crippen LogP contribution is 2.40. The van der Waals surface area contributed by atoms with Gasteiger partial charge in [-0.15, -0.1) is 0 Å². The van der Waals surface area contributed by atoms with Crippen LogP contribution in [-0.4, -0.2) is 81.9 Å². The number of para-hydroxylation sites is 2. The Balaban J connectivity index is 1.06. The van der Waals surface area contributed by atoms with Crippen molar-refractivity contribution < 1.29 is 22.7 Å². The van der Waals surface area contributed by atoms with Crippen LogP contribution < -0.4 is 14.5 Å². The van der Waals surface area contributed by atoms with Crippen molar-refractivity contribution in [2.75, 3.05) is 56.2 Å². The van der Waals surface area contributed by atoms with E-state index in [1.54, 1.807) is 25.3 Å². The fraction of sp³-hybridized carbons (Fsp3) is 0.533. The average Bonchev–Trinajstić information content (AvgIpc) is 3.78. The molecule has 6 rings (SSSR count). The molecule has 9 nitrogen and oxygen atoms in total. The van der Waals surface area contributed by atoms with Crippen LogP contribution in [0.2, 0.25) is 0 Å². The highest BCUT2D eigenvalue weighted by molar-refractivity contribution is 7.89. The molecule has 2 saturated heterocycles. The third kappa shape index (κ3) is 4.96. The van der Waals surface area contributed by atoms with Crippen LogP contribution >= 0.6 is 0 Å². The quantitative estimate of drug-likeness (QED) is 0.534. The van der Waals surface area contributed by atoms with Gasteiger partial charge in [-0.25, -0.2) is 8.42 Å². The van der Waals surface area contributed by atoms with E-state index in [1.807, 2.05) is 41.0 Å². The van der Waals surface area contributed by atoms with E-state index in [0.717, 1.165) is 48.6 Å². The first-order chi connectivity index (χ1) is 19.3. The van der Waals surface area contributed by atoms with Gasteiger partial charge in [-0.3, -0.25) is 9.59 Å². The van der Waals surface area contributed by atoms with E-state index in [2.05, 4.69) is 4.90 Å². The number of carbonyl (C=O) groups is 2. The molecule has 1 aliphatic carbocycles. The van der Waals surface area contributed by atoms with Crippen LogP contribution in [0.4, 0.5) is 11.4 Å². The summed E-state index contributed by atoms with van der Waals surface area (Å²) in [5.74, 6) is 1.08. The molecule has 10 heteroatoms. The summed E-state index contributed by atoms with van der Waals surface area (Å²) in [4.78, 5) is 32.4. The molecule has 4 aliphatic rings. The summed E-state index contributed by atoms with van der Waals surface area (Å²) in [6.45, 7) is 5.44. The van der Waals surface area contributed by atoms with Crippen LogP contribution in [0.5, 0.6) is 5.75 Å². The van der Waals surface area contributed by atoms with Crippen LogP contribution in [0.15, 0.2) is 47.4 Å². The van der Waals surface area contributed by atoms with E-state index >= 15 is 0 Å². The van der Waals surface area contributed by atoms with E-state index in [9.17, 15) is 18.0 Å². The molecule has 214 valence electrons. The van der Waals surface area contributed by atoms with Gasteiger partial charge in [0.1, 0.15) is 5.75 Å². The molecule has 0 bridgehead atoms. The summed E-state index contributed by atoms with van der Waals surface area (Å²) in [7, 11) is -2.01. The SMILES string of the molecule is COc1ccccc1N1CCN(C(=O)C2CCN(S(=O)(=O)c3ccc4c(c3)C[C@@H](C)N4C(=O)C3CC3)CC2)CC1. The predicted octanol–water partition coefficient (Wildman–Crippen LogP) is 3.13. The average molecular weight is 567 g/mol. The Morgan fingerprint density at radius 1 is 0.825 bits per heavy atom. The Kier molecular flexibility index (Phi) is 7.25. The second-order valence-corrected chi connectivity index (χ2v) is 13.4. The van der Waals surface area contributed by atoms with Crippen molar-refractivity contribution in [1.29, 1.82) is 0 Å². The van der Waals surface area contributed by atoms with Crippen LogP contribution in [0.25, 0.3) is 0 Å². The third-order valence-electron chi connectivity index (χ3n) is 8.89. The number of benzene rings is 2. The standard InChI is InChI=1S/C30H38N4O5S/c1-21-19-24-20-25(9-10-26(24)34(21)30(36)22-7-8-22)40(37,38)33-13-11-23(12-14-33)29(35)32-17-15-31(16-18-32)27-5-3-4-6-28(27)39-2/h3-6,9-10,20-23H,7-8,11-19H2,1-2H3/t21-/m1/s1. The normalized spacial score (nSPS) is 22.4. The fourth-order valence-corrected chi connectivity index (χ4v) is 7.96. The minimum Gasteiger partial charge on any atom is -0.495 e. The summed E-state index contributed by atoms with van der Waals surface area (Å²) in [5, 5.41) is 0. The third-order valence-corrected chi connectivity index (χ3v) is 10.8. The molecule has 0 radical (unpaired) electrons. The van der Waals surface area contributed by atoms with Gasteiger partial charge in [-0.2, -0.15) is 4.31 Å². The number of ether oxygens (including phenoxy) is 1. The molecule has 0 N–H and O–H groups in total. The molecule has 0 aromatic heterocycles. The van der Waals surface area contributed by atoms with E-state index < -0.39 is 10.0 Å². The van der Waals surface area contributed by atoms with E-state index in [4.69, 9.17) is 4.74 Å². The van der Waals surface area contributed by atoms with Gasteiger partial charge in [-0.1, -0.05) is 12.1 Å². The van der Waals surface area contributed by atoms with Gasteiger partial charge < -0.3 is 19.4 Å². The van der Waals surface area contributed by atoms with Gasteiger partial charge in [0, 0.05) is 62.8 Å². The minimum atomic E-state index is -3.67. The molecule has 2 amide bonds. The molecule has 3 heterocycles. The van der Waals surface area contributed by atoms with Crippen molar-refractivity contribution in [2.45, 2.75) is 50.0 Å². The van der Waals surface area contributed by atoms with Crippen LogP contribution in [0, 0.1) is 11.8 Å². The topological polar surface area (TPSA) is 90.5 Å². The maximum absolute atomic E-state index is 13.5. The number of nitrogens with zero attached hydrogens (tertiary/aromatic N) is 4. The molecule has 2 aromatic rings. The van der Waals surface area contributed by atoms with Crippen LogP contribution in [-0.2, 0) is 26.0 Å². The molecule has 0 unspecified atom stereocenters. The van der Waals surface area contributed by atoms with Crippen molar-refractivity contribution >= 4 is 33.2 Å². The molecular formula is C30H38N4O5S.